The molecule has 9 heteroatoms. The molecule has 1 saturated heterocycles. The zero-order valence-corrected chi connectivity index (χ0v) is 15.3. The number of piperazine rings is 1. The number of H-pyrrole nitrogens is 1. The van der Waals surface area contributed by atoms with Gasteiger partial charge in [0.25, 0.3) is 0 Å². The Morgan fingerprint density at radius 1 is 1.19 bits per heavy atom. The molecule has 0 bridgehead atoms. The number of hydrogen-bond donors (Lipinski definition) is 4. The maximum atomic E-state index is 14.6. The average Bonchev–Trinajstić information content (AvgIpc) is 2.94. The Kier molecular flexibility index (Phi) is 4.99. The highest BCUT2D eigenvalue weighted by molar-refractivity contribution is 5.99. The van der Waals surface area contributed by atoms with Gasteiger partial charge in [0.15, 0.2) is 5.84 Å². The number of aromatic nitrogens is 2. The zero-order chi connectivity index (χ0) is 18.8. The molecular formula is C17H25FN8. The van der Waals surface area contributed by atoms with Crippen molar-refractivity contribution in [1.82, 2.24) is 15.7 Å². The zero-order valence-electron chi connectivity index (χ0n) is 15.3. The van der Waals surface area contributed by atoms with Crippen LogP contribution >= 0.6 is 0 Å². The van der Waals surface area contributed by atoms with E-state index in [0.29, 0.717) is 29.9 Å². The average molecular weight is 360 g/mol. The highest BCUT2D eigenvalue weighted by atomic mass is 19.1. The number of benzene rings is 1. The molecule has 140 valence electrons. The standard InChI is InChI=1S/C17H25FN8/c1-10-8-14(18)15(9-13(10)17(19)23-24-20)25-4-6-26(7-5-25)16-11(2)21-22-12(16)3/h8-9,24H,4-7,20H2,1-3H3,(H2,19,23)(H,21,22). The summed E-state index contributed by atoms with van der Waals surface area (Å²) in [5, 5.41) is 11.1. The summed E-state index contributed by atoms with van der Waals surface area (Å²) < 4.78 is 14.6. The van der Waals surface area contributed by atoms with Gasteiger partial charge in [0, 0.05) is 31.7 Å². The molecule has 2 heterocycles. The second-order valence-corrected chi connectivity index (χ2v) is 6.50. The van der Waals surface area contributed by atoms with Crippen LogP contribution < -0.4 is 26.9 Å². The predicted octanol–water partition coefficient (Wildman–Crippen LogP) is 0.884. The number of aromatic amines is 1. The van der Waals surface area contributed by atoms with Gasteiger partial charge in [-0.2, -0.15) is 5.10 Å². The molecule has 1 aromatic carbocycles. The lowest BCUT2D eigenvalue weighted by Crippen LogP contribution is -2.47. The van der Waals surface area contributed by atoms with Gasteiger partial charge in [0.2, 0.25) is 0 Å². The van der Waals surface area contributed by atoms with Crippen LogP contribution in [0.5, 0.6) is 0 Å². The van der Waals surface area contributed by atoms with Gasteiger partial charge in [0.1, 0.15) is 5.82 Å². The van der Waals surface area contributed by atoms with Crippen molar-refractivity contribution in [3.63, 3.8) is 0 Å². The number of aryl methyl sites for hydroxylation is 3. The smallest absolute Gasteiger partial charge is 0.152 e. The maximum Gasteiger partial charge on any atom is 0.152 e. The molecule has 3 rings (SSSR count). The first kappa shape index (κ1) is 18.0. The molecule has 2 aromatic rings. The molecule has 1 fully saturated rings. The number of hydrazone groups is 1. The van der Waals surface area contributed by atoms with Crippen LogP contribution in [0.1, 0.15) is 22.5 Å². The van der Waals surface area contributed by atoms with Crippen molar-refractivity contribution in [1.29, 1.82) is 0 Å². The molecule has 1 aliphatic heterocycles. The van der Waals surface area contributed by atoms with Crippen LogP contribution in [-0.2, 0) is 0 Å². The fraction of sp³-hybridized carbons (Fsp3) is 0.412. The molecule has 26 heavy (non-hydrogen) atoms. The third-order valence-electron chi connectivity index (χ3n) is 4.78. The quantitative estimate of drug-likeness (QED) is 0.279. The van der Waals surface area contributed by atoms with Gasteiger partial charge in [-0.1, -0.05) is 0 Å². The van der Waals surface area contributed by atoms with E-state index >= 15 is 0 Å². The summed E-state index contributed by atoms with van der Waals surface area (Å²) in [5.41, 5.74) is 13.2. The molecule has 1 aromatic heterocycles. The SMILES string of the molecule is Cc1cc(F)c(N2CCN(c3c(C)n[nH]c3C)CC2)cc1/C(N)=N/NN. The van der Waals surface area contributed by atoms with Crippen molar-refractivity contribution in [2.24, 2.45) is 16.7 Å². The van der Waals surface area contributed by atoms with Crippen LogP contribution in [0.15, 0.2) is 17.2 Å². The molecule has 0 amide bonds. The van der Waals surface area contributed by atoms with Gasteiger partial charge in [-0.25, -0.2) is 15.8 Å². The lowest BCUT2D eigenvalue weighted by Gasteiger charge is -2.37. The Morgan fingerprint density at radius 3 is 2.42 bits per heavy atom. The van der Waals surface area contributed by atoms with E-state index in [1.807, 2.05) is 18.7 Å². The normalized spacial score (nSPS) is 15.5. The topological polar surface area (TPSA) is 112 Å². The fourth-order valence-electron chi connectivity index (χ4n) is 3.49. The molecule has 0 atom stereocenters. The van der Waals surface area contributed by atoms with Crippen molar-refractivity contribution in [3.8, 4) is 0 Å². The number of halogens is 1. The summed E-state index contributed by atoms with van der Waals surface area (Å²) in [7, 11) is 0. The Hall–Kier alpha value is -2.81. The number of rotatable bonds is 4. The number of nitrogens with one attached hydrogen (secondary N) is 2. The van der Waals surface area contributed by atoms with E-state index in [0.717, 1.165) is 30.2 Å². The lowest BCUT2D eigenvalue weighted by atomic mass is 10.1. The molecule has 0 saturated carbocycles. The number of amidine groups is 1. The molecule has 0 unspecified atom stereocenters. The molecule has 8 nitrogen and oxygen atoms in total. The number of hydrazine groups is 1. The highest BCUT2D eigenvalue weighted by Crippen LogP contribution is 2.28. The minimum Gasteiger partial charge on any atom is -0.382 e. The minimum atomic E-state index is -0.260. The molecule has 6 N–H and O–H groups in total. The second kappa shape index (κ2) is 7.20. The van der Waals surface area contributed by atoms with Crippen molar-refractivity contribution in [3.05, 3.63) is 40.5 Å². The monoisotopic (exact) mass is 360 g/mol. The van der Waals surface area contributed by atoms with Crippen LogP contribution in [0.3, 0.4) is 0 Å². The molecule has 0 aliphatic carbocycles. The molecule has 1 aliphatic rings. The van der Waals surface area contributed by atoms with Gasteiger partial charge in [-0.15, -0.1) is 5.10 Å². The Bertz CT molecular complexity index is 801. The van der Waals surface area contributed by atoms with Crippen molar-refractivity contribution >= 4 is 17.2 Å². The molecule has 0 radical (unpaired) electrons. The minimum absolute atomic E-state index is 0.231. The van der Waals surface area contributed by atoms with E-state index in [4.69, 9.17) is 11.6 Å². The van der Waals surface area contributed by atoms with Gasteiger partial charge in [-0.3, -0.25) is 5.10 Å². The van der Waals surface area contributed by atoms with Gasteiger partial charge < -0.3 is 15.5 Å². The highest BCUT2D eigenvalue weighted by Gasteiger charge is 2.24. The summed E-state index contributed by atoms with van der Waals surface area (Å²) in [4.78, 5) is 4.31. The number of hydrogen-bond acceptors (Lipinski definition) is 6. The van der Waals surface area contributed by atoms with Crippen LogP contribution in [-0.4, -0.2) is 42.2 Å². The van der Waals surface area contributed by atoms with Gasteiger partial charge in [0.05, 0.1) is 22.8 Å². The van der Waals surface area contributed by atoms with Crippen LogP contribution in [0, 0.1) is 26.6 Å². The largest absolute Gasteiger partial charge is 0.382 e. The summed E-state index contributed by atoms with van der Waals surface area (Å²) in [6.07, 6.45) is 0. The van der Waals surface area contributed by atoms with Crippen LogP contribution in [0.2, 0.25) is 0 Å². The summed E-state index contributed by atoms with van der Waals surface area (Å²) >= 11 is 0. The van der Waals surface area contributed by atoms with E-state index in [1.165, 1.54) is 6.07 Å². The van der Waals surface area contributed by atoms with Crippen molar-refractivity contribution in [2.45, 2.75) is 20.8 Å². The second-order valence-electron chi connectivity index (χ2n) is 6.50. The lowest BCUT2D eigenvalue weighted by molar-refractivity contribution is 0.596. The molecule has 0 spiro atoms. The Morgan fingerprint density at radius 2 is 1.85 bits per heavy atom. The Labute approximate surface area is 152 Å². The number of nitrogens with two attached hydrogens (primary N) is 2. The number of anilines is 2. The van der Waals surface area contributed by atoms with Crippen LogP contribution in [0.25, 0.3) is 0 Å². The fourth-order valence-corrected chi connectivity index (χ4v) is 3.49. The first-order valence-electron chi connectivity index (χ1n) is 8.53. The Balaban J connectivity index is 1.81. The maximum absolute atomic E-state index is 14.6. The number of nitrogens with zero attached hydrogens (tertiary/aromatic N) is 4. The van der Waals surface area contributed by atoms with E-state index in [2.05, 4.69) is 25.7 Å². The summed E-state index contributed by atoms with van der Waals surface area (Å²) in [5.74, 6) is 5.17. The van der Waals surface area contributed by atoms with Crippen molar-refractivity contribution < 1.29 is 4.39 Å². The first-order chi connectivity index (χ1) is 12.4. The van der Waals surface area contributed by atoms with Crippen molar-refractivity contribution in [2.75, 3.05) is 36.0 Å². The predicted molar refractivity (Wildman–Crippen MR) is 102 cm³/mol. The van der Waals surface area contributed by atoms with E-state index in [1.54, 1.807) is 13.0 Å². The van der Waals surface area contributed by atoms with Gasteiger partial charge >= 0.3 is 0 Å². The summed E-state index contributed by atoms with van der Waals surface area (Å²) in [6.45, 7) is 8.79. The third-order valence-corrected chi connectivity index (χ3v) is 4.78. The third kappa shape index (κ3) is 3.30. The van der Waals surface area contributed by atoms with E-state index in [9.17, 15) is 4.39 Å². The summed E-state index contributed by atoms with van der Waals surface area (Å²) in [6, 6.07) is 3.23. The van der Waals surface area contributed by atoms with E-state index < -0.39 is 0 Å². The van der Waals surface area contributed by atoms with Gasteiger partial charge in [-0.05, 0) is 38.5 Å². The van der Waals surface area contributed by atoms with Crippen LogP contribution in [0.4, 0.5) is 15.8 Å². The molecular weight excluding hydrogens is 335 g/mol. The van der Waals surface area contributed by atoms with E-state index in [-0.39, 0.29) is 11.7 Å². The first-order valence-corrected chi connectivity index (χ1v) is 8.53.